The zero-order valence-electron chi connectivity index (χ0n) is 11.6. The number of hydrogen-bond donors (Lipinski definition) is 1. The average molecular weight is 274 g/mol. The van der Waals surface area contributed by atoms with Crippen LogP contribution in [0.2, 0.25) is 0 Å². The van der Waals surface area contributed by atoms with Gasteiger partial charge in [-0.2, -0.15) is 11.8 Å². The van der Waals surface area contributed by atoms with Gasteiger partial charge in [0.15, 0.2) is 0 Å². The van der Waals surface area contributed by atoms with Crippen LogP contribution in [-0.2, 0) is 9.53 Å². The fraction of sp³-hybridized carbons (Fsp3) is 0.923. The van der Waals surface area contributed by atoms with E-state index in [1.54, 1.807) is 7.11 Å². The minimum Gasteiger partial charge on any atom is -0.383 e. The minimum atomic E-state index is 0.264. The highest BCUT2D eigenvalue weighted by Crippen LogP contribution is 2.11. The van der Waals surface area contributed by atoms with Crippen LogP contribution >= 0.6 is 11.8 Å². The van der Waals surface area contributed by atoms with Gasteiger partial charge in [-0.25, -0.2) is 0 Å². The zero-order chi connectivity index (χ0) is 13.2. The monoisotopic (exact) mass is 274 g/mol. The molecule has 0 aromatic heterocycles. The molecule has 0 bridgehead atoms. The van der Waals surface area contributed by atoms with Crippen molar-refractivity contribution in [1.82, 2.24) is 10.2 Å². The first-order valence-corrected chi connectivity index (χ1v) is 8.01. The highest BCUT2D eigenvalue weighted by atomic mass is 32.2. The van der Waals surface area contributed by atoms with E-state index in [0.29, 0.717) is 19.1 Å². The Balaban J connectivity index is 2.35. The third-order valence-electron chi connectivity index (χ3n) is 3.12. The molecule has 1 N–H and O–H groups in total. The lowest BCUT2D eigenvalue weighted by Gasteiger charge is -2.27. The summed E-state index contributed by atoms with van der Waals surface area (Å²) in [6.07, 6.45) is 2.82. The molecule has 0 aliphatic carbocycles. The standard InChI is InChI=1S/C13H26N2O2S/c1-3-4-6-15(7-8-17-2)13(16)10-12-11-18-9-5-14-12/h12,14H,3-11H2,1-2H3. The quantitative estimate of drug-likeness (QED) is 0.725. The van der Waals surface area contributed by atoms with Gasteiger partial charge in [0, 0.05) is 50.7 Å². The Hall–Kier alpha value is -0.260. The van der Waals surface area contributed by atoms with E-state index < -0.39 is 0 Å². The second-order valence-electron chi connectivity index (χ2n) is 4.66. The molecule has 1 saturated heterocycles. The summed E-state index contributed by atoms with van der Waals surface area (Å²) >= 11 is 1.93. The largest absolute Gasteiger partial charge is 0.383 e. The molecule has 1 heterocycles. The number of ether oxygens (including phenoxy) is 1. The molecule has 1 fully saturated rings. The molecule has 1 aliphatic rings. The topological polar surface area (TPSA) is 41.6 Å². The Bertz CT molecular complexity index is 225. The van der Waals surface area contributed by atoms with Gasteiger partial charge in [-0.1, -0.05) is 13.3 Å². The van der Waals surface area contributed by atoms with E-state index in [0.717, 1.165) is 44.0 Å². The van der Waals surface area contributed by atoms with Crippen molar-refractivity contribution in [1.29, 1.82) is 0 Å². The van der Waals surface area contributed by atoms with Crippen LogP contribution in [0.3, 0.4) is 0 Å². The highest BCUT2D eigenvalue weighted by molar-refractivity contribution is 7.99. The van der Waals surface area contributed by atoms with Gasteiger partial charge in [-0.3, -0.25) is 4.79 Å². The molecule has 18 heavy (non-hydrogen) atoms. The van der Waals surface area contributed by atoms with E-state index in [1.807, 2.05) is 16.7 Å². The van der Waals surface area contributed by atoms with Crippen LogP contribution in [0.1, 0.15) is 26.2 Å². The molecule has 1 aliphatic heterocycles. The fourth-order valence-corrected chi connectivity index (χ4v) is 2.95. The van der Waals surface area contributed by atoms with Crippen molar-refractivity contribution >= 4 is 17.7 Å². The number of amides is 1. The summed E-state index contributed by atoms with van der Waals surface area (Å²) in [6, 6.07) is 0.350. The maximum atomic E-state index is 12.2. The van der Waals surface area contributed by atoms with Crippen molar-refractivity contribution in [2.45, 2.75) is 32.2 Å². The number of nitrogens with one attached hydrogen (secondary N) is 1. The van der Waals surface area contributed by atoms with E-state index >= 15 is 0 Å². The van der Waals surface area contributed by atoms with Crippen molar-refractivity contribution in [3.8, 4) is 0 Å². The van der Waals surface area contributed by atoms with Gasteiger partial charge in [0.05, 0.1) is 6.61 Å². The van der Waals surface area contributed by atoms with Crippen LogP contribution in [0, 0.1) is 0 Å². The van der Waals surface area contributed by atoms with Crippen molar-refractivity contribution in [2.24, 2.45) is 0 Å². The Kier molecular flexibility index (Phi) is 8.46. The third kappa shape index (κ3) is 6.07. The molecule has 1 atom stereocenters. The summed E-state index contributed by atoms with van der Waals surface area (Å²) in [5.41, 5.74) is 0. The predicted molar refractivity (Wildman–Crippen MR) is 77.1 cm³/mol. The molecule has 0 radical (unpaired) electrons. The first kappa shape index (κ1) is 15.8. The molecule has 0 spiro atoms. The number of methoxy groups -OCH3 is 1. The maximum Gasteiger partial charge on any atom is 0.224 e. The molecule has 4 nitrogen and oxygen atoms in total. The number of hydrogen-bond acceptors (Lipinski definition) is 4. The number of unbranched alkanes of at least 4 members (excludes halogenated alkanes) is 1. The highest BCUT2D eigenvalue weighted by Gasteiger charge is 2.20. The lowest BCUT2D eigenvalue weighted by molar-refractivity contribution is -0.132. The number of nitrogens with zero attached hydrogens (tertiary/aromatic N) is 1. The molecule has 0 aromatic rings. The van der Waals surface area contributed by atoms with Crippen LogP contribution < -0.4 is 5.32 Å². The molecule has 1 unspecified atom stereocenters. The number of rotatable bonds is 8. The van der Waals surface area contributed by atoms with Gasteiger partial charge in [0.2, 0.25) is 5.91 Å². The first-order chi connectivity index (χ1) is 8.77. The van der Waals surface area contributed by atoms with Crippen LogP contribution in [0.15, 0.2) is 0 Å². The summed E-state index contributed by atoms with van der Waals surface area (Å²) in [5, 5.41) is 3.42. The van der Waals surface area contributed by atoms with E-state index in [-0.39, 0.29) is 5.91 Å². The normalized spacial score (nSPS) is 19.8. The van der Waals surface area contributed by atoms with E-state index in [4.69, 9.17) is 4.74 Å². The molecule has 0 saturated carbocycles. The Labute approximate surface area is 115 Å². The summed E-state index contributed by atoms with van der Waals surface area (Å²) in [5.74, 6) is 2.48. The number of thioether (sulfide) groups is 1. The van der Waals surface area contributed by atoms with E-state index in [2.05, 4.69) is 12.2 Å². The summed E-state index contributed by atoms with van der Waals surface area (Å²) in [6.45, 7) is 5.38. The van der Waals surface area contributed by atoms with Crippen LogP contribution in [0.5, 0.6) is 0 Å². The minimum absolute atomic E-state index is 0.264. The summed E-state index contributed by atoms with van der Waals surface area (Å²) in [7, 11) is 1.68. The van der Waals surface area contributed by atoms with Crippen LogP contribution in [-0.4, -0.2) is 61.7 Å². The van der Waals surface area contributed by atoms with Gasteiger partial charge in [-0.15, -0.1) is 0 Å². The molecular formula is C13H26N2O2S. The fourth-order valence-electron chi connectivity index (χ4n) is 2.00. The second kappa shape index (κ2) is 9.64. The van der Waals surface area contributed by atoms with Gasteiger partial charge in [-0.05, 0) is 6.42 Å². The van der Waals surface area contributed by atoms with Crippen molar-refractivity contribution < 1.29 is 9.53 Å². The van der Waals surface area contributed by atoms with Gasteiger partial charge in [0.1, 0.15) is 0 Å². The molecule has 5 heteroatoms. The molecule has 1 rings (SSSR count). The van der Waals surface area contributed by atoms with Gasteiger partial charge in [0.25, 0.3) is 0 Å². The Morgan fingerprint density at radius 3 is 2.94 bits per heavy atom. The Morgan fingerprint density at radius 2 is 2.33 bits per heavy atom. The first-order valence-electron chi connectivity index (χ1n) is 6.85. The van der Waals surface area contributed by atoms with E-state index in [9.17, 15) is 4.79 Å². The average Bonchev–Trinajstić information content (AvgIpc) is 2.40. The van der Waals surface area contributed by atoms with Crippen molar-refractivity contribution in [2.75, 3.05) is 44.9 Å². The Morgan fingerprint density at radius 1 is 1.50 bits per heavy atom. The molecular weight excluding hydrogens is 248 g/mol. The molecule has 106 valence electrons. The number of carbonyl (C=O) groups excluding carboxylic acids is 1. The van der Waals surface area contributed by atoms with Crippen molar-refractivity contribution in [3.05, 3.63) is 0 Å². The smallest absolute Gasteiger partial charge is 0.224 e. The summed E-state index contributed by atoms with van der Waals surface area (Å²) in [4.78, 5) is 14.2. The van der Waals surface area contributed by atoms with Crippen LogP contribution in [0.25, 0.3) is 0 Å². The van der Waals surface area contributed by atoms with Gasteiger partial charge < -0.3 is 15.0 Å². The van der Waals surface area contributed by atoms with E-state index in [1.165, 1.54) is 0 Å². The predicted octanol–water partition coefficient (Wildman–Crippen LogP) is 1.36. The lowest BCUT2D eigenvalue weighted by atomic mass is 10.2. The van der Waals surface area contributed by atoms with Crippen molar-refractivity contribution in [3.63, 3.8) is 0 Å². The second-order valence-corrected chi connectivity index (χ2v) is 5.81. The lowest BCUT2D eigenvalue weighted by Crippen LogP contribution is -2.43. The maximum absolute atomic E-state index is 12.2. The summed E-state index contributed by atoms with van der Waals surface area (Å²) < 4.78 is 5.08. The van der Waals surface area contributed by atoms with Crippen LogP contribution in [0.4, 0.5) is 0 Å². The third-order valence-corrected chi connectivity index (χ3v) is 4.25. The molecule has 0 aromatic carbocycles. The molecule has 1 amide bonds. The SMILES string of the molecule is CCCCN(CCOC)C(=O)CC1CSCCN1. The van der Waals surface area contributed by atoms with Gasteiger partial charge >= 0.3 is 0 Å². The number of carbonyl (C=O) groups is 1. The zero-order valence-corrected chi connectivity index (χ0v) is 12.4.